The molecule has 142 valence electrons. The second kappa shape index (κ2) is 8.15. The van der Waals surface area contributed by atoms with Crippen LogP contribution in [-0.4, -0.2) is 18.2 Å². The van der Waals surface area contributed by atoms with Crippen molar-refractivity contribution in [1.29, 1.82) is 0 Å². The molecule has 3 aromatic rings. The molecule has 0 unspecified atom stereocenters. The average molecular weight is 404 g/mol. The van der Waals surface area contributed by atoms with E-state index in [1.165, 1.54) is 0 Å². The molecule has 0 fully saturated rings. The molecule has 0 radical (unpaired) electrons. The number of benzene rings is 2. The number of hydrogen-bond acceptors (Lipinski definition) is 3. The standard InChI is InChI=1S/C20H22ClN3O2S/c1-15(2)12-16-8-10-18(11-9-16)27(25,26)23-20-19(21)14-24(22-20)13-17-6-4-3-5-7-17/h3-11,14-15H,12-13H2,1-2H3,(H,22,23). The summed E-state index contributed by atoms with van der Waals surface area (Å²) in [6, 6.07) is 16.6. The van der Waals surface area contributed by atoms with Crippen LogP contribution in [0.2, 0.25) is 5.02 Å². The smallest absolute Gasteiger partial charge is 0.263 e. The molecule has 0 aliphatic heterocycles. The fourth-order valence-corrected chi connectivity index (χ4v) is 4.05. The van der Waals surface area contributed by atoms with Crippen LogP contribution in [-0.2, 0) is 23.0 Å². The fraction of sp³-hybridized carbons (Fsp3) is 0.250. The summed E-state index contributed by atoms with van der Waals surface area (Å²) in [4.78, 5) is 0.184. The molecule has 0 amide bonds. The first kappa shape index (κ1) is 19.5. The fourth-order valence-electron chi connectivity index (χ4n) is 2.78. The molecular formula is C20H22ClN3O2S. The molecule has 1 heterocycles. The van der Waals surface area contributed by atoms with E-state index >= 15 is 0 Å². The molecule has 0 bridgehead atoms. The van der Waals surface area contributed by atoms with Gasteiger partial charge in [0.1, 0.15) is 5.02 Å². The highest BCUT2D eigenvalue weighted by atomic mass is 35.5. The highest BCUT2D eigenvalue weighted by Crippen LogP contribution is 2.24. The minimum atomic E-state index is -3.75. The topological polar surface area (TPSA) is 64.0 Å². The van der Waals surface area contributed by atoms with Crippen molar-refractivity contribution in [3.8, 4) is 0 Å². The molecule has 1 aromatic heterocycles. The van der Waals surface area contributed by atoms with Crippen molar-refractivity contribution >= 4 is 27.4 Å². The van der Waals surface area contributed by atoms with Crippen molar-refractivity contribution in [3.05, 3.63) is 76.9 Å². The summed E-state index contributed by atoms with van der Waals surface area (Å²) in [5, 5.41) is 4.52. The van der Waals surface area contributed by atoms with Crippen LogP contribution in [0, 0.1) is 5.92 Å². The Morgan fingerprint density at radius 3 is 2.33 bits per heavy atom. The third-order valence-electron chi connectivity index (χ3n) is 4.01. The van der Waals surface area contributed by atoms with Crippen LogP contribution in [0.3, 0.4) is 0 Å². The summed E-state index contributed by atoms with van der Waals surface area (Å²) >= 11 is 6.18. The Kier molecular flexibility index (Phi) is 5.87. The molecule has 0 atom stereocenters. The van der Waals surface area contributed by atoms with Crippen molar-refractivity contribution in [3.63, 3.8) is 0 Å². The van der Waals surface area contributed by atoms with Gasteiger partial charge in [0, 0.05) is 6.20 Å². The van der Waals surface area contributed by atoms with Crippen molar-refractivity contribution in [2.24, 2.45) is 5.92 Å². The van der Waals surface area contributed by atoms with Gasteiger partial charge in [-0.15, -0.1) is 0 Å². The maximum atomic E-state index is 12.6. The van der Waals surface area contributed by atoms with E-state index in [1.54, 1.807) is 23.0 Å². The van der Waals surface area contributed by atoms with Gasteiger partial charge in [0.2, 0.25) is 0 Å². The average Bonchev–Trinajstić information content (AvgIpc) is 2.94. The first-order valence-electron chi connectivity index (χ1n) is 8.72. The van der Waals surface area contributed by atoms with E-state index in [-0.39, 0.29) is 15.7 Å². The van der Waals surface area contributed by atoms with Gasteiger partial charge >= 0.3 is 0 Å². The number of nitrogens with zero attached hydrogens (tertiary/aromatic N) is 2. The SMILES string of the molecule is CC(C)Cc1ccc(S(=O)(=O)Nc2nn(Cc3ccccc3)cc2Cl)cc1. The van der Waals surface area contributed by atoms with Gasteiger partial charge in [-0.3, -0.25) is 9.40 Å². The predicted octanol–water partition coefficient (Wildman–Crippen LogP) is 4.58. The Balaban J connectivity index is 1.75. The lowest BCUT2D eigenvalue weighted by Crippen LogP contribution is -2.14. The Hall–Kier alpha value is -2.31. The number of rotatable bonds is 7. The first-order valence-corrected chi connectivity index (χ1v) is 10.6. The zero-order valence-electron chi connectivity index (χ0n) is 15.3. The Bertz CT molecular complexity index is 997. The highest BCUT2D eigenvalue weighted by Gasteiger charge is 2.18. The number of anilines is 1. The molecule has 0 aliphatic carbocycles. The number of halogens is 1. The van der Waals surface area contributed by atoms with Crippen LogP contribution < -0.4 is 4.72 Å². The van der Waals surface area contributed by atoms with Gasteiger partial charge in [0.15, 0.2) is 5.82 Å². The van der Waals surface area contributed by atoms with Crippen molar-refractivity contribution in [2.45, 2.75) is 31.7 Å². The second-order valence-electron chi connectivity index (χ2n) is 6.86. The van der Waals surface area contributed by atoms with Crippen LogP contribution in [0.1, 0.15) is 25.0 Å². The number of sulfonamides is 1. The third-order valence-corrected chi connectivity index (χ3v) is 5.64. The minimum Gasteiger partial charge on any atom is -0.265 e. The highest BCUT2D eigenvalue weighted by molar-refractivity contribution is 7.92. The summed E-state index contributed by atoms with van der Waals surface area (Å²) in [6.07, 6.45) is 2.52. The van der Waals surface area contributed by atoms with Crippen LogP contribution in [0.25, 0.3) is 0 Å². The maximum absolute atomic E-state index is 12.6. The van der Waals surface area contributed by atoms with Gasteiger partial charge in [0.05, 0.1) is 11.4 Å². The van der Waals surface area contributed by atoms with Crippen LogP contribution in [0.5, 0.6) is 0 Å². The summed E-state index contributed by atoms with van der Waals surface area (Å²) in [5.41, 5.74) is 2.15. The predicted molar refractivity (Wildman–Crippen MR) is 109 cm³/mol. The second-order valence-corrected chi connectivity index (χ2v) is 8.95. The molecule has 7 heteroatoms. The number of nitrogens with one attached hydrogen (secondary N) is 1. The molecule has 0 aliphatic rings. The van der Waals surface area contributed by atoms with Gasteiger partial charge in [0.25, 0.3) is 10.0 Å². The van der Waals surface area contributed by atoms with Gasteiger partial charge in [-0.2, -0.15) is 5.10 Å². The monoisotopic (exact) mass is 403 g/mol. The van der Waals surface area contributed by atoms with E-state index < -0.39 is 10.0 Å². The van der Waals surface area contributed by atoms with Crippen LogP contribution in [0.4, 0.5) is 5.82 Å². The summed E-state index contributed by atoms with van der Waals surface area (Å²) in [7, 11) is -3.75. The minimum absolute atomic E-state index is 0.124. The van der Waals surface area contributed by atoms with Gasteiger partial charge < -0.3 is 0 Å². The lowest BCUT2D eigenvalue weighted by Gasteiger charge is -2.08. The van der Waals surface area contributed by atoms with Crippen molar-refractivity contribution in [1.82, 2.24) is 9.78 Å². The summed E-state index contributed by atoms with van der Waals surface area (Å²) in [5.74, 6) is 0.636. The summed E-state index contributed by atoms with van der Waals surface area (Å²) < 4.78 is 29.4. The number of hydrogen-bond donors (Lipinski definition) is 1. The Morgan fingerprint density at radius 1 is 1.04 bits per heavy atom. The molecule has 1 N–H and O–H groups in total. The van der Waals surface area contributed by atoms with Crippen LogP contribution in [0.15, 0.2) is 65.7 Å². The van der Waals surface area contributed by atoms with E-state index in [2.05, 4.69) is 23.7 Å². The Labute approximate surface area is 165 Å². The molecule has 0 saturated carbocycles. The lowest BCUT2D eigenvalue weighted by atomic mass is 10.0. The normalized spacial score (nSPS) is 11.7. The zero-order valence-corrected chi connectivity index (χ0v) is 16.8. The molecule has 27 heavy (non-hydrogen) atoms. The molecule has 3 rings (SSSR count). The quantitative estimate of drug-likeness (QED) is 0.627. The molecule has 5 nitrogen and oxygen atoms in total. The number of aromatic nitrogens is 2. The first-order chi connectivity index (χ1) is 12.8. The van der Waals surface area contributed by atoms with E-state index in [0.717, 1.165) is 17.5 Å². The molecule has 2 aromatic carbocycles. The van der Waals surface area contributed by atoms with Gasteiger partial charge in [-0.05, 0) is 35.6 Å². The Morgan fingerprint density at radius 2 is 1.70 bits per heavy atom. The largest absolute Gasteiger partial charge is 0.265 e. The van der Waals surface area contributed by atoms with E-state index in [0.29, 0.717) is 12.5 Å². The zero-order chi connectivity index (χ0) is 19.4. The summed E-state index contributed by atoms with van der Waals surface area (Å²) in [6.45, 7) is 4.76. The van der Waals surface area contributed by atoms with Crippen LogP contribution >= 0.6 is 11.6 Å². The van der Waals surface area contributed by atoms with Gasteiger partial charge in [-0.25, -0.2) is 8.42 Å². The van der Waals surface area contributed by atoms with E-state index in [9.17, 15) is 8.42 Å². The van der Waals surface area contributed by atoms with Crippen molar-refractivity contribution < 1.29 is 8.42 Å². The van der Waals surface area contributed by atoms with Crippen molar-refractivity contribution in [2.75, 3.05) is 4.72 Å². The third kappa shape index (κ3) is 5.11. The molecular weight excluding hydrogens is 382 g/mol. The van der Waals surface area contributed by atoms with Gasteiger partial charge in [-0.1, -0.05) is 67.9 Å². The van der Waals surface area contributed by atoms with E-state index in [4.69, 9.17) is 11.6 Å². The maximum Gasteiger partial charge on any atom is 0.263 e. The lowest BCUT2D eigenvalue weighted by molar-refractivity contribution is 0.600. The molecule has 0 spiro atoms. The van der Waals surface area contributed by atoms with E-state index in [1.807, 2.05) is 42.5 Å². The molecule has 0 saturated heterocycles.